The number of carbonyl (C=O) groups is 3. The lowest BCUT2D eigenvalue weighted by atomic mass is 9.71. The molecule has 1 saturated carbocycles. The molecule has 2 aromatic carbocycles. The largest absolute Gasteiger partial charge is 0.484 e. The zero-order valence-corrected chi connectivity index (χ0v) is 19.8. The van der Waals surface area contributed by atoms with Gasteiger partial charge >= 0.3 is 0 Å². The van der Waals surface area contributed by atoms with Gasteiger partial charge in [0.15, 0.2) is 13.2 Å². The van der Waals surface area contributed by atoms with Crippen LogP contribution in [-0.2, 0) is 14.4 Å². The normalized spacial score (nSPS) is 22.8. The van der Waals surface area contributed by atoms with Crippen LogP contribution in [-0.4, -0.2) is 42.1 Å². The maximum absolute atomic E-state index is 13.5. The SMILES string of the molecule is O=C(COc1ccc(Cl)c(F)c1)NC12CCC(NC(=O)COc3ccc(Cl)c(F)c3)(CC1)C(=O)N2. The molecule has 3 fully saturated rings. The van der Waals surface area contributed by atoms with Crippen molar-refractivity contribution in [3.8, 4) is 11.5 Å². The number of benzene rings is 2. The van der Waals surface area contributed by atoms with Crippen LogP contribution in [0.15, 0.2) is 36.4 Å². The molecule has 0 atom stereocenters. The second kappa shape index (κ2) is 9.87. The van der Waals surface area contributed by atoms with Crippen molar-refractivity contribution in [3.63, 3.8) is 0 Å². The summed E-state index contributed by atoms with van der Waals surface area (Å²) in [5, 5.41) is 8.14. The number of ether oxygens (including phenoxy) is 2. The van der Waals surface area contributed by atoms with Crippen molar-refractivity contribution >= 4 is 40.9 Å². The summed E-state index contributed by atoms with van der Waals surface area (Å²) >= 11 is 11.2. The van der Waals surface area contributed by atoms with Crippen LogP contribution in [0.3, 0.4) is 0 Å². The van der Waals surface area contributed by atoms with E-state index in [0.717, 1.165) is 12.1 Å². The fourth-order valence-electron chi connectivity index (χ4n) is 4.17. The van der Waals surface area contributed by atoms with Crippen LogP contribution < -0.4 is 25.4 Å². The third kappa shape index (κ3) is 5.59. The van der Waals surface area contributed by atoms with Gasteiger partial charge in [0, 0.05) is 12.1 Å². The molecule has 0 radical (unpaired) electrons. The zero-order valence-electron chi connectivity index (χ0n) is 18.3. The molecule has 3 N–H and O–H groups in total. The fourth-order valence-corrected chi connectivity index (χ4v) is 4.40. The van der Waals surface area contributed by atoms with Crippen LogP contribution in [0.2, 0.25) is 10.0 Å². The lowest BCUT2D eigenvalue weighted by molar-refractivity contribution is -0.147. The first kappa shape index (κ1) is 25.0. The van der Waals surface area contributed by atoms with E-state index in [1.807, 2.05) is 0 Å². The number of hydrogen-bond acceptors (Lipinski definition) is 5. The van der Waals surface area contributed by atoms with Crippen LogP contribution >= 0.6 is 23.2 Å². The van der Waals surface area contributed by atoms with Crippen LogP contribution in [0.1, 0.15) is 25.7 Å². The predicted molar refractivity (Wildman–Crippen MR) is 122 cm³/mol. The molecule has 0 spiro atoms. The molecule has 3 aliphatic rings. The molecule has 2 heterocycles. The molecule has 2 aliphatic heterocycles. The molecule has 8 nitrogen and oxygen atoms in total. The Bertz CT molecular complexity index is 1170. The van der Waals surface area contributed by atoms with Crippen molar-refractivity contribution in [1.29, 1.82) is 0 Å². The first-order valence-corrected chi connectivity index (χ1v) is 11.5. The third-order valence-corrected chi connectivity index (χ3v) is 6.64. The minimum absolute atomic E-state index is 0.0613. The fraction of sp³-hybridized carbons (Fsp3) is 0.348. The van der Waals surface area contributed by atoms with E-state index in [1.54, 1.807) is 0 Å². The Morgan fingerprint density at radius 3 is 1.80 bits per heavy atom. The third-order valence-electron chi connectivity index (χ3n) is 6.02. The topological polar surface area (TPSA) is 106 Å². The van der Waals surface area contributed by atoms with Crippen molar-refractivity contribution < 1.29 is 32.6 Å². The molecule has 35 heavy (non-hydrogen) atoms. The van der Waals surface area contributed by atoms with E-state index in [2.05, 4.69) is 16.0 Å². The van der Waals surface area contributed by atoms with E-state index < -0.39 is 47.2 Å². The summed E-state index contributed by atoms with van der Waals surface area (Å²) in [7, 11) is 0. The second-order valence-electron chi connectivity index (χ2n) is 8.44. The van der Waals surface area contributed by atoms with Crippen LogP contribution in [0.5, 0.6) is 11.5 Å². The first-order valence-electron chi connectivity index (χ1n) is 10.7. The highest BCUT2D eigenvalue weighted by molar-refractivity contribution is 6.31. The van der Waals surface area contributed by atoms with Gasteiger partial charge < -0.3 is 25.4 Å². The summed E-state index contributed by atoms with van der Waals surface area (Å²) < 4.78 is 37.6. The van der Waals surface area contributed by atoms with Crippen molar-refractivity contribution in [1.82, 2.24) is 16.0 Å². The monoisotopic (exact) mass is 527 g/mol. The molecule has 3 amide bonds. The van der Waals surface area contributed by atoms with Gasteiger partial charge in [-0.1, -0.05) is 23.2 Å². The van der Waals surface area contributed by atoms with Crippen molar-refractivity contribution in [2.45, 2.75) is 36.9 Å². The Morgan fingerprint density at radius 2 is 1.34 bits per heavy atom. The van der Waals surface area contributed by atoms with Crippen LogP contribution in [0.25, 0.3) is 0 Å². The Hall–Kier alpha value is -3.11. The highest BCUT2D eigenvalue weighted by atomic mass is 35.5. The minimum atomic E-state index is -1.13. The summed E-state index contributed by atoms with van der Waals surface area (Å²) in [4.78, 5) is 37.7. The highest BCUT2D eigenvalue weighted by Crippen LogP contribution is 2.39. The highest BCUT2D eigenvalue weighted by Gasteiger charge is 2.55. The van der Waals surface area contributed by atoms with E-state index in [4.69, 9.17) is 32.7 Å². The van der Waals surface area contributed by atoms with E-state index in [-0.39, 0.29) is 28.2 Å². The molecule has 2 bridgehead atoms. The summed E-state index contributed by atoms with van der Waals surface area (Å²) in [6, 6.07) is 7.62. The number of carbonyl (C=O) groups excluding carboxylic acids is 3. The Kier molecular flexibility index (Phi) is 7.05. The van der Waals surface area contributed by atoms with Gasteiger partial charge in [0.05, 0.1) is 10.0 Å². The lowest BCUT2D eigenvalue weighted by Crippen LogP contribution is -2.77. The van der Waals surface area contributed by atoms with Gasteiger partial charge in [-0.2, -0.15) is 0 Å². The van der Waals surface area contributed by atoms with Crippen molar-refractivity contribution in [2.75, 3.05) is 13.2 Å². The molecule has 12 heteroatoms. The molecule has 1 aliphatic carbocycles. The summed E-state index contributed by atoms with van der Waals surface area (Å²) in [6.07, 6.45) is 1.35. The summed E-state index contributed by atoms with van der Waals surface area (Å²) in [5.74, 6) is -2.55. The molecule has 5 rings (SSSR count). The average Bonchev–Trinajstić information content (AvgIpc) is 2.82. The van der Waals surface area contributed by atoms with Gasteiger partial charge in [0.25, 0.3) is 11.8 Å². The Balaban J connectivity index is 1.28. The number of fused-ring (bicyclic) bond motifs is 3. The van der Waals surface area contributed by atoms with Crippen LogP contribution in [0, 0.1) is 11.6 Å². The molecule has 0 aromatic heterocycles. The van der Waals surface area contributed by atoms with Gasteiger partial charge in [-0.25, -0.2) is 8.78 Å². The first-order chi connectivity index (χ1) is 16.6. The predicted octanol–water partition coefficient (Wildman–Crippen LogP) is 3.10. The molecule has 186 valence electrons. The van der Waals surface area contributed by atoms with E-state index in [0.29, 0.717) is 25.7 Å². The van der Waals surface area contributed by atoms with Crippen molar-refractivity contribution in [3.05, 3.63) is 58.1 Å². The maximum atomic E-state index is 13.5. The quantitative estimate of drug-likeness (QED) is 0.489. The van der Waals surface area contributed by atoms with Crippen LogP contribution in [0.4, 0.5) is 8.78 Å². The summed E-state index contributed by atoms with van der Waals surface area (Å²) in [5.41, 5.74) is -2.10. The number of amides is 3. The molecule has 0 unspecified atom stereocenters. The van der Waals surface area contributed by atoms with Gasteiger partial charge in [0.2, 0.25) is 5.91 Å². The number of rotatable bonds is 8. The maximum Gasteiger partial charge on any atom is 0.259 e. The molecular weight excluding hydrogens is 507 g/mol. The summed E-state index contributed by atoms with van der Waals surface area (Å²) in [6.45, 7) is -0.802. The van der Waals surface area contributed by atoms with E-state index in [9.17, 15) is 23.2 Å². The number of halogens is 4. The van der Waals surface area contributed by atoms with Gasteiger partial charge in [-0.05, 0) is 49.9 Å². The standard InChI is InChI=1S/C23H21Cl2F2N3O5/c24-15-3-1-13(9-17(15)26)34-11-19(31)28-22-5-7-23(8-6-22,30-21(22)33)29-20(32)12-35-14-2-4-16(25)18(27)10-14/h1-4,9-10H,5-8,11-12H2,(H,28,31)(H,29,32)(H,30,33). The van der Waals surface area contributed by atoms with Gasteiger partial charge in [-0.3, -0.25) is 14.4 Å². The van der Waals surface area contributed by atoms with Gasteiger partial charge in [-0.15, -0.1) is 0 Å². The van der Waals surface area contributed by atoms with E-state index >= 15 is 0 Å². The Labute approximate surface area is 209 Å². The molecular formula is C23H21Cl2F2N3O5. The second-order valence-corrected chi connectivity index (χ2v) is 9.26. The minimum Gasteiger partial charge on any atom is -0.484 e. The van der Waals surface area contributed by atoms with Crippen molar-refractivity contribution in [2.24, 2.45) is 0 Å². The number of hydrogen-bond donors (Lipinski definition) is 3. The smallest absolute Gasteiger partial charge is 0.259 e. The van der Waals surface area contributed by atoms with Gasteiger partial charge in [0.1, 0.15) is 34.3 Å². The average molecular weight is 528 g/mol. The zero-order chi connectivity index (χ0) is 25.2. The lowest BCUT2D eigenvalue weighted by Gasteiger charge is -2.52. The number of piperidine rings is 2. The number of nitrogens with one attached hydrogen (secondary N) is 3. The molecule has 2 saturated heterocycles. The molecule has 2 aromatic rings. The Morgan fingerprint density at radius 1 is 0.857 bits per heavy atom. The van der Waals surface area contributed by atoms with E-state index in [1.165, 1.54) is 24.3 Å².